The molecule has 0 atom stereocenters. The summed E-state index contributed by atoms with van der Waals surface area (Å²) in [6.45, 7) is 6.63. The molecule has 0 nitrogen and oxygen atoms in total. The van der Waals surface area contributed by atoms with Gasteiger partial charge in [-0.2, -0.15) is 0 Å². The van der Waals surface area contributed by atoms with E-state index in [2.05, 4.69) is 20.8 Å². The summed E-state index contributed by atoms with van der Waals surface area (Å²) < 4.78 is 1.59. The van der Waals surface area contributed by atoms with Gasteiger partial charge in [0.05, 0.1) is 0 Å². The molecular weight excluding hydrogens is 235 g/mol. The fraction of sp³-hybridized carbons (Fsp3) is 0.429. The third-order valence-corrected chi connectivity index (χ3v) is 5.11. The van der Waals surface area contributed by atoms with Crippen molar-refractivity contribution >= 4 is 36.8 Å². The Kier molecular flexibility index (Phi) is 2.22. The second-order valence-corrected chi connectivity index (χ2v) is 6.37. The van der Waals surface area contributed by atoms with Gasteiger partial charge in [0, 0.05) is 0 Å². The second kappa shape index (κ2) is 2.62. The fourth-order valence-corrected chi connectivity index (χ4v) is 3.84. The SMILES string of the molecule is Cc1s[c]([SnH])c(C)c1C. The molecule has 1 aromatic rings. The van der Waals surface area contributed by atoms with Crippen LogP contribution in [0.4, 0.5) is 0 Å². The molecule has 0 saturated heterocycles. The van der Waals surface area contributed by atoms with Crippen molar-refractivity contribution in [1.29, 1.82) is 0 Å². The van der Waals surface area contributed by atoms with Gasteiger partial charge in [0.1, 0.15) is 0 Å². The third kappa shape index (κ3) is 1.32. The fourth-order valence-electron chi connectivity index (χ4n) is 0.767. The standard InChI is InChI=1S/C7H9S.Sn.H/c1-5-4-8-7(3)6(5)2;;/h1-3H3;;. The third-order valence-electron chi connectivity index (χ3n) is 1.72. The molecular formula is C7H10SSn. The van der Waals surface area contributed by atoms with Crippen molar-refractivity contribution < 1.29 is 0 Å². The zero-order valence-corrected chi connectivity index (χ0v) is 10.1. The molecule has 1 rings (SSSR count). The van der Waals surface area contributed by atoms with E-state index in [4.69, 9.17) is 0 Å². The minimum atomic E-state index is 1.28. The minimum absolute atomic E-state index is 1.28. The molecule has 0 aliphatic rings. The topological polar surface area (TPSA) is 0 Å². The summed E-state index contributed by atoms with van der Waals surface area (Å²) in [4.78, 5) is 1.50. The molecule has 0 aliphatic carbocycles. The van der Waals surface area contributed by atoms with Crippen LogP contribution in [0.3, 0.4) is 0 Å². The molecule has 0 amide bonds. The van der Waals surface area contributed by atoms with E-state index in [0.717, 1.165) is 0 Å². The van der Waals surface area contributed by atoms with E-state index in [1.165, 1.54) is 38.5 Å². The van der Waals surface area contributed by atoms with Crippen molar-refractivity contribution in [3.63, 3.8) is 0 Å². The molecule has 0 N–H and O–H groups in total. The predicted molar refractivity (Wildman–Crippen MR) is 45.3 cm³/mol. The molecule has 1 aromatic heterocycles. The van der Waals surface area contributed by atoms with Crippen molar-refractivity contribution in [2.24, 2.45) is 0 Å². The molecule has 0 saturated carbocycles. The maximum atomic E-state index is 2.22. The van der Waals surface area contributed by atoms with E-state index in [9.17, 15) is 0 Å². The van der Waals surface area contributed by atoms with Crippen LogP contribution >= 0.6 is 11.3 Å². The Labute approximate surface area is 73.4 Å². The van der Waals surface area contributed by atoms with Crippen LogP contribution in [0.1, 0.15) is 16.0 Å². The first-order chi connectivity index (χ1) is 4.13. The van der Waals surface area contributed by atoms with Gasteiger partial charge < -0.3 is 0 Å². The molecule has 0 aliphatic heterocycles. The summed E-state index contributed by atoms with van der Waals surface area (Å²) in [5, 5.41) is 0. The van der Waals surface area contributed by atoms with E-state index < -0.39 is 0 Å². The van der Waals surface area contributed by atoms with Gasteiger partial charge in [-0.25, -0.2) is 0 Å². The van der Waals surface area contributed by atoms with Crippen molar-refractivity contribution in [3.8, 4) is 0 Å². The van der Waals surface area contributed by atoms with Gasteiger partial charge >= 0.3 is 73.5 Å². The molecule has 0 fully saturated rings. The number of rotatable bonds is 0. The monoisotopic (exact) mass is 246 g/mol. The average molecular weight is 245 g/mol. The second-order valence-electron chi connectivity index (χ2n) is 2.27. The Morgan fingerprint density at radius 3 is 1.78 bits per heavy atom. The summed E-state index contributed by atoms with van der Waals surface area (Å²) in [5.74, 6) is 0. The zero-order chi connectivity index (χ0) is 7.02. The molecule has 0 unspecified atom stereocenters. The first-order valence-corrected chi connectivity index (χ1v) is 5.41. The van der Waals surface area contributed by atoms with Gasteiger partial charge in [-0.05, 0) is 0 Å². The predicted octanol–water partition coefficient (Wildman–Crippen LogP) is 1.20. The van der Waals surface area contributed by atoms with Gasteiger partial charge in [0.2, 0.25) is 0 Å². The van der Waals surface area contributed by atoms with Gasteiger partial charge in [0.15, 0.2) is 0 Å². The van der Waals surface area contributed by atoms with Crippen LogP contribution in [0.2, 0.25) is 0 Å². The van der Waals surface area contributed by atoms with Crippen LogP contribution in [-0.2, 0) is 0 Å². The summed E-state index contributed by atoms with van der Waals surface area (Å²) in [6.07, 6.45) is 0. The Hall–Kier alpha value is 0.499. The number of hydrogen-bond donors (Lipinski definition) is 0. The molecule has 9 heavy (non-hydrogen) atoms. The molecule has 0 bridgehead atoms. The Morgan fingerprint density at radius 2 is 1.67 bits per heavy atom. The van der Waals surface area contributed by atoms with Gasteiger partial charge in [-0.1, -0.05) is 0 Å². The Morgan fingerprint density at radius 1 is 1.11 bits per heavy atom. The molecule has 1 heterocycles. The molecule has 0 spiro atoms. The van der Waals surface area contributed by atoms with Crippen molar-refractivity contribution in [3.05, 3.63) is 16.0 Å². The van der Waals surface area contributed by atoms with Gasteiger partial charge in [0.25, 0.3) is 0 Å². The number of thiophene rings is 1. The van der Waals surface area contributed by atoms with Crippen molar-refractivity contribution in [2.75, 3.05) is 0 Å². The molecule has 2 radical (unpaired) electrons. The van der Waals surface area contributed by atoms with E-state index >= 15 is 0 Å². The van der Waals surface area contributed by atoms with Crippen LogP contribution in [0.15, 0.2) is 0 Å². The Bertz CT molecular complexity index is 203. The maximum absolute atomic E-state index is 2.22. The zero-order valence-electron chi connectivity index (χ0n) is 5.99. The summed E-state index contributed by atoms with van der Waals surface area (Å²) in [7, 11) is 0. The average Bonchev–Trinajstić information content (AvgIpc) is 1.98. The van der Waals surface area contributed by atoms with E-state index in [1.807, 2.05) is 11.3 Å². The van der Waals surface area contributed by atoms with Crippen LogP contribution in [0.5, 0.6) is 0 Å². The van der Waals surface area contributed by atoms with Crippen LogP contribution in [-0.4, -0.2) is 22.5 Å². The van der Waals surface area contributed by atoms with E-state index in [1.54, 1.807) is 2.89 Å². The first kappa shape index (κ1) is 7.60. The number of aryl methyl sites for hydroxylation is 1. The van der Waals surface area contributed by atoms with Crippen LogP contribution in [0, 0.1) is 20.8 Å². The Balaban J connectivity index is 3.29. The van der Waals surface area contributed by atoms with E-state index in [0.29, 0.717) is 0 Å². The van der Waals surface area contributed by atoms with E-state index in [-0.39, 0.29) is 0 Å². The normalized spacial score (nSPS) is 10.2. The summed E-state index contributed by atoms with van der Waals surface area (Å²) in [6, 6.07) is 0. The van der Waals surface area contributed by atoms with Crippen LogP contribution < -0.4 is 2.89 Å². The quantitative estimate of drug-likeness (QED) is 0.602. The van der Waals surface area contributed by atoms with Crippen molar-refractivity contribution in [2.45, 2.75) is 20.8 Å². The summed E-state index contributed by atoms with van der Waals surface area (Å²) >= 11 is 3.23. The van der Waals surface area contributed by atoms with Crippen LogP contribution in [0.25, 0.3) is 0 Å². The van der Waals surface area contributed by atoms with Gasteiger partial charge in [-0.3, -0.25) is 0 Å². The first-order valence-electron chi connectivity index (χ1n) is 2.95. The molecule has 2 heteroatoms. The number of hydrogen-bond acceptors (Lipinski definition) is 1. The molecule has 0 aromatic carbocycles. The summed E-state index contributed by atoms with van der Waals surface area (Å²) in [5.41, 5.74) is 3.03. The van der Waals surface area contributed by atoms with Gasteiger partial charge in [-0.15, -0.1) is 0 Å². The molecule has 48 valence electrons. The van der Waals surface area contributed by atoms with Crippen molar-refractivity contribution in [1.82, 2.24) is 0 Å².